The lowest BCUT2D eigenvalue weighted by atomic mass is 9.81. The number of thiazole rings is 1. The Bertz CT molecular complexity index is 961. The number of benzene rings is 1. The molecule has 0 unspecified atom stereocenters. The molecule has 4 rings (SSSR count). The van der Waals surface area contributed by atoms with Crippen LogP contribution < -0.4 is 5.32 Å². The summed E-state index contributed by atoms with van der Waals surface area (Å²) in [5.74, 6) is -1.69. The molecule has 1 aromatic heterocycles. The third-order valence-corrected chi connectivity index (χ3v) is 6.55. The Labute approximate surface area is 172 Å². The molecule has 8 heteroatoms. The Morgan fingerprint density at radius 3 is 2.31 bits per heavy atom. The smallest absolute Gasteiger partial charge is 0.246 e. The van der Waals surface area contributed by atoms with Crippen molar-refractivity contribution in [1.29, 1.82) is 0 Å². The molecule has 0 spiro atoms. The number of nitrogens with zero attached hydrogens (tertiary/aromatic N) is 2. The maximum Gasteiger partial charge on any atom is 0.246 e. The van der Waals surface area contributed by atoms with E-state index < -0.39 is 5.91 Å². The number of anilines is 1. The minimum absolute atomic E-state index is 0.143. The first kappa shape index (κ1) is 19.4. The summed E-state index contributed by atoms with van der Waals surface area (Å²) < 4.78 is 0. The van der Waals surface area contributed by atoms with Gasteiger partial charge in [-0.25, -0.2) is 4.98 Å². The van der Waals surface area contributed by atoms with Crippen LogP contribution in [0.4, 0.5) is 5.13 Å². The highest BCUT2D eigenvalue weighted by atomic mass is 32.1. The Morgan fingerprint density at radius 1 is 1.10 bits per heavy atom. The zero-order chi connectivity index (χ0) is 20.5. The van der Waals surface area contributed by atoms with Gasteiger partial charge in [0, 0.05) is 12.5 Å². The predicted octanol–water partition coefficient (Wildman–Crippen LogP) is 3.13. The molecule has 2 heterocycles. The lowest BCUT2D eigenvalue weighted by molar-refractivity contribution is -0.142. The van der Waals surface area contributed by atoms with Crippen molar-refractivity contribution in [3.8, 4) is 11.3 Å². The number of carbonyl (C=O) groups is 4. The van der Waals surface area contributed by atoms with E-state index in [1.165, 1.54) is 6.92 Å². The van der Waals surface area contributed by atoms with E-state index in [2.05, 4.69) is 10.3 Å². The number of hydrogen-bond donors (Lipinski definition) is 1. The Balaban J connectivity index is 1.50. The highest BCUT2D eigenvalue weighted by Gasteiger charge is 2.48. The molecule has 1 saturated heterocycles. The van der Waals surface area contributed by atoms with Crippen molar-refractivity contribution in [3.63, 3.8) is 0 Å². The van der Waals surface area contributed by atoms with E-state index in [-0.39, 0.29) is 41.1 Å². The second-order valence-electron chi connectivity index (χ2n) is 7.43. The zero-order valence-electron chi connectivity index (χ0n) is 16.0. The maximum atomic E-state index is 12.5. The van der Waals surface area contributed by atoms with Gasteiger partial charge < -0.3 is 5.32 Å². The minimum Gasteiger partial charge on any atom is -0.300 e. The fourth-order valence-corrected chi connectivity index (χ4v) is 4.99. The van der Waals surface area contributed by atoms with Crippen molar-refractivity contribution in [2.24, 2.45) is 11.8 Å². The van der Waals surface area contributed by atoms with E-state index in [1.54, 1.807) is 0 Å². The number of aromatic nitrogens is 1. The van der Waals surface area contributed by atoms with E-state index in [0.29, 0.717) is 23.4 Å². The van der Waals surface area contributed by atoms with Crippen LogP contribution in [0.3, 0.4) is 0 Å². The quantitative estimate of drug-likeness (QED) is 0.602. The van der Waals surface area contributed by atoms with Gasteiger partial charge in [0.25, 0.3) is 0 Å². The van der Waals surface area contributed by atoms with Gasteiger partial charge in [-0.1, -0.05) is 54.5 Å². The molecule has 150 valence electrons. The molecule has 2 fully saturated rings. The molecule has 2 aliphatic rings. The second kappa shape index (κ2) is 7.87. The molecule has 2 aromatic rings. The SMILES string of the molecule is CC(=O)c1sc(NC(=O)CN2C(=O)[C@@H]3CCCC[C@H]3C2=O)nc1-c1ccccc1. The number of amides is 3. The van der Waals surface area contributed by atoms with E-state index in [9.17, 15) is 19.2 Å². The van der Waals surface area contributed by atoms with Crippen LogP contribution >= 0.6 is 11.3 Å². The standard InChI is InChI=1S/C21H21N3O4S/c1-12(25)18-17(13-7-3-2-4-8-13)23-21(29-18)22-16(26)11-24-19(27)14-9-5-6-10-15(14)20(24)28/h2-4,7-8,14-15H,5-6,9-11H2,1H3,(H,22,23,26)/t14-,15-/m1/s1. The number of carbonyl (C=O) groups excluding carboxylic acids is 4. The summed E-state index contributed by atoms with van der Waals surface area (Å²) in [6, 6.07) is 9.25. The first-order valence-corrected chi connectivity index (χ1v) is 10.5. The first-order valence-electron chi connectivity index (χ1n) is 9.68. The average Bonchev–Trinajstić information content (AvgIpc) is 3.24. The number of ketones is 1. The van der Waals surface area contributed by atoms with Gasteiger partial charge in [0.2, 0.25) is 17.7 Å². The Morgan fingerprint density at radius 2 is 1.72 bits per heavy atom. The fourth-order valence-electron chi connectivity index (χ4n) is 4.09. The van der Waals surface area contributed by atoms with Crippen molar-refractivity contribution >= 4 is 40.0 Å². The zero-order valence-corrected chi connectivity index (χ0v) is 16.8. The van der Waals surface area contributed by atoms with E-state index in [1.807, 2.05) is 30.3 Å². The Hall–Kier alpha value is -2.87. The van der Waals surface area contributed by atoms with Crippen molar-refractivity contribution < 1.29 is 19.2 Å². The van der Waals surface area contributed by atoms with Crippen LogP contribution in [0.2, 0.25) is 0 Å². The predicted molar refractivity (Wildman–Crippen MR) is 108 cm³/mol. The maximum absolute atomic E-state index is 12.5. The largest absolute Gasteiger partial charge is 0.300 e. The summed E-state index contributed by atoms with van der Waals surface area (Å²) >= 11 is 1.09. The van der Waals surface area contributed by atoms with E-state index in [0.717, 1.165) is 34.6 Å². The van der Waals surface area contributed by atoms with Gasteiger partial charge in [-0.3, -0.25) is 24.1 Å². The normalized spacial score (nSPS) is 21.2. The highest BCUT2D eigenvalue weighted by molar-refractivity contribution is 7.18. The van der Waals surface area contributed by atoms with Gasteiger partial charge in [0.05, 0.1) is 22.4 Å². The van der Waals surface area contributed by atoms with Crippen LogP contribution in [-0.4, -0.2) is 39.9 Å². The number of imide groups is 1. The van der Waals surface area contributed by atoms with Crippen LogP contribution in [0.1, 0.15) is 42.3 Å². The highest BCUT2D eigenvalue weighted by Crippen LogP contribution is 2.38. The second-order valence-corrected chi connectivity index (χ2v) is 8.43. The number of rotatable bonds is 5. The summed E-state index contributed by atoms with van der Waals surface area (Å²) in [5.41, 5.74) is 1.29. The van der Waals surface area contributed by atoms with Crippen LogP contribution in [0.25, 0.3) is 11.3 Å². The molecule has 7 nitrogen and oxygen atoms in total. The van der Waals surface area contributed by atoms with Crippen LogP contribution in [0, 0.1) is 11.8 Å². The summed E-state index contributed by atoms with van der Waals surface area (Å²) in [6.45, 7) is 1.13. The average molecular weight is 411 g/mol. The molecule has 1 saturated carbocycles. The van der Waals surface area contributed by atoms with Crippen molar-refractivity contribution in [2.75, 3.05) is 11.9 Å². The van der Waals surface area contributed by atoms with Gasteiger partial charge in [-0.2, -0.15) is 0 Å². The Kier molecular flexibility index (Phi) is 5.27. The molecule has 1 aliphatic carbocycles. The molecular formula is C21H21N3O4S. The van der Waals surface area contributed by atoms with Gasteiger partial charge in [-0.05, 0) is 12.8 Å². The molecule has 0 radical (unpaired) electrons. The summed E-state index contributed by atoms with van der Waals surface area (Å²) in [5, 5.41) is 2.92. The topological polar surface area (TPSA) is 96.4 Å². The number of likely N-dealkylation sites (tertiary alicyclic amines) is 1. The summed E-state index contributed by atoms with van der Waals surface area (Å²) in [4.78, 5) is 55.5. The number of hydrogen-bond acceptors (Lipinski definition) is 6. The number of fused-ring (bicyclic) bond motifs is 1. The van der Waals surface area contributed by atoms with Gasteiger partial charge in [0.15, 0.2) is 10.9 Å². The number of nitrogens with one attached hydrogen (secondary N) is 1. The van der Waals surface area contributed by atoms with Crippen LogP contribution in [0.5, 0.6) is 0 Å². The first-order chi connectivity index (χ1) is 14.0. The molecular weight excluding hydrogens is 390 g/mol. The van der Waals surface area contributed by atoms with Crippen molar-refractivity contribution in [1.82, 2.24) is 9.88 Å². The fraction of sp³-hybridized carbons (Fsp3) is 0.381. The van der Waals surface area contributed by atoms with Gasteiger partial charge >= 0.3 is 0 Å². The molecule has 1 N–H and O–H groups in total. The van der Waals surface area contributed by atoms with Crippen LogP contribution in [0.15, 0.2) is 30.3 Å². The molecule has 1 aliphatic heterocycles. The third kappa shape index (κ3) is 3.72. The van der Waals surface area contributed by atoms with Crippen molar-refractivity contribution in [2.45, 2.75) is 32.6 Å². The number of Topliss-reactive ketones (excluding diaryl/α,β-unsaturated/α-hetero) is 1. The minimum atomic E-state index is -0.492. The molecule has 2 atom stereocenters. The van der Waals surface area contributed by atoms with Gasteiger partial charge in [0.1, 0.15) is 6.54 Å². The summed E-state index contributed by atoms with van der Waals surface area (Å²) in [7, 11) is 0. The molecule has 0 bridgehead atoms. The molecule has 29 heavy (non-hydrogen) atoms. The van der Waals surface area contributed by atoms with Crippen molar-refractivity contribution in [3.05, 3.63) is 35.2 Å². The third-order valence-electron chi connectivity index (χ3n) is 5.47. The monoisotopic (exact) mass is 411 g/mol. The van der Waals surface area contributed by atoms with E-state index >= 15 is 0 Å². The summed E-state index contributed by atoms with van der Waals surface area (Å²) in [6.07, 6.45) is 3.30. The molecule has 1 aromatic carbocycles. The lowest BCUT2D eigenvalue weighted by Gasteiger charge is -2.19. The van der Waals surface area contributed by atoms with E-state index in [4.69, 9.17) is 0 Å². The molecule has 3 amide bonds. The lowest BCUT2D eigenvalue weighted by Crippen LogP contribution is -2.38. The van der Waals surface area contributed by atoms with Gasteiger partial charge in [-0.15, -0.1) is 0 Å². The van der Waals surface area contributed by atoms with Crippen LogP contribution in [-0.2, 0) is 14.4 Å².